The van der Waals surface area contributed by atoms with Crippen LogP contribution in [0.25, 0.3) is 11.0 Å². The van der Waals surface area contributed by atoms with Crippen molar-refractivity contribution in [3.05, 3.63) is 75.8 Å². The van der Waals surface area contributed by atoms with Gasteiger partial charge >= 0.3 is 0 Å². The zero-order valence-corrected chi connectivity index (χ0v) is 18.3. The lowest BCUT2D eigenvalue weighted by atomic mass is 10.1. The molecule has 0 unspecified atom stereocenters. The number of anilines is 1. The largest absolute Gasteiger partial charge is 0.331 e. The van der Waals surface area contributed by atoms with E-state index in [1.165, 1.54) is 11.3 Å². The molecule has 0 saturated carbocycles. The molecule has 2 heterocycles. The van der Waals surface area contributed by atoms with Gasteiger partial charge in [0.05, 0.1) is 20.5 Å². The minimum absolute atomic E-state index is 0.282. The van der Waals surface area contributed by atoms with Gasteiger partial charge in [0.15, 0.2) is 0 Å². The van der Waals surface area contributed by atoms with Gasteiger partial charge < -0.3 is 4.57 Å². The van der Waals surface area contributed by atoms with E-state index in [0.29, 0.717) is 18.5 Å². The summed E-state index contributed by atoms with van der Waals surface area (Å²) in [5, 5.41) is 0. The molecule has 8 heteroatoms. The number of imidazole rings is 1. The van der Waals surface area contributed by atoms with Crippen LogP contribution in [0.1, 0.15) is 11.4 Å². The first-order valence-corrected chi connectivity index (χ1v) is 11.8. The Bertz CT molecular complexity index is 1250. The number of nitrogens with zero attached hydrogens (tertiary/aromatic N) is 2. The predicted molar refractivity (Wildman–Crippen MR) is 117 cm³/mol. The lowest BCUT2D eigenvalue weighted by Gasteiger charge is -2.12. The Morgan fingerprint density at radius 2 is 1.79 bits per heavy atom. The molecular formula is C20H18BrN3O2S2. The van der Waals surface area contributed by atoms with Gasteiger partial charge in [0.25, 0.3) is 10.0 Å². The minimum atomic E-state index is -3.61. The van der Waals surface area contributed by atoms with Crippen molar-refractivity contribution in [1.29, 1.82) is 0 Å². The topological polar surface area (TPSA) is 64.0 Å². The zero-order chi connectivity index (χ0) is 19.7. The number of hydrogen-bond donors (Lipinski definition) is 1. The predicted octanol–water partition coefficient (Wildman–Crippen LogP) is 4.98. The first kappa shape index (κ1) is 19.2. The summed E-state index contributed by atoms with van der Waals surface area (Å²) in [5.41, 5.74) is 3.60. The number of aromatic nitrogens is 2. The Balaban J connectivity index is 1.57. The van der Waals surface area contributed by atoms with Crippen molar-refractivity contribution in [2.75, 3.05) is 4.72 Å². The molecule has 2 aromatic heterocycles. The smallest absolute Gasteiger partial charge is 0.271 e. The number of para-hydroxylation sites is 3. The van der Waals surface area contributed by atoms with Gasteiger partial charge in [-0.2, -0.15) is 0 Å². The molecule has 4 aromatic rings. The highest BCUT2D eigenvalue weighted by atomic mass is 79.9. The minimum Gasteiger partial charge on any atom is -0.331 e. The van der Waals surface area contributed by atoms with E-state index in [2.05, 4.69) is 25.2 Å². The fraction of sp³-hybridized carbons (Fsp3) is 0.150. The first-order valence-electron chi connectivity index (χ1n) is 8.70. The number of thiophene rings is 1. The van der Waals surface area contributed by atoms with Crippen molar-refractivity contribution in [1.82, 2.24) is 9.55 Å². The van der Waals surface area contributed by atoms with Crippen LogP contribution in [-0.4, -0.2) is 18.0 Å². The monoisotopic (exact) mass is 475 g/mol. The lowest BCUT2D eigenvalue weighted by Crippen LogP contribution is -2.13. The number of nitrogens with one attached hydrogen (secondary N) is 1. The fourth-order valence-electron chi connectivity index (χ4n) is 3.14. The van der Waals surface area contributed by atoms with E-state index in [1.807, 2.05) is 49.5 Å². The third kappa shape index (κ3) is 3.85. The van der Waals surface area contributed by atoms with Crippen molar-refractivity contribution in [2.24, 2.45) is 7.05 Å². The van der Waals surface area contributed by atoms with E-state index in [-0.39, 0.29) is 4.21 Å². The zero-order valence-electron chi connectivity index (χ0n) is 15.1. The Hall–Kier alpha value is -2.16. The maximum Gasteiger partial charge on any atom is 0.271 e. The molecule has 0 aliphatic heterocycles. The Morgan fingerprint density at radius 3 is 2.54 bits per heavy atom. The third-order valence-corrected chi connectivity index (χ3v) is 8.05. The van der Waals surface area contributed by atoms with Crippen LogP contribution in [-0.2, 0) is 29.9 Å². The third-order valence-electron chi connectivity index (χ3n) is 4.57. The van der Waals surface area contributed by atoms with E-state index < -0.39 is 10.0 Å². The summed E-state index contributed by atoms with van der Waals surface area (Å²) in [4.78, 5) is 4.70. The summed E-state index contributed by atoms with van der Waals surface area (Å²) in [6.45, 7) is 0. The average Bonchev–Trinajstić information content (AvgIpc) is 3.25. The molecule has 0 fully saturated rings. The van der Waals surface area contributed by atoms with Gasteiger partial charge in [-0.1, -0.05) is 30.3 Å². The Morgan fingerprint density at radius 1 is 1.04 bits per heavy atom. The second kappa shape index (κ2) is 7.69. The SMILES string of the molecule is Cn1c(CCc2ccccc2NS(=O)(=O)c2ccc(Br)s2)nc2ccccc21. The number of hydrogen-bond acceptors (Lipinski definition) is 4. The van der Waals surface area contributed by atoms with E-state index >= 15 is 0 Å². The normalized spacial score (nSPS) is 11.8. The van der Waals surface area contributed by atoms with Crippen LogP contribution in [0.3, 0.4) is 0 Å². The summed E-state index contributed by atoms with van der Waals surface area (Å²) in [7, 11) is -1.60. The van der Waals surface area contributed by atoms with Gasteiger partial charge in [0.2, 0.25) is 0 Å². The van der Waals surface area contributed by atoms with Crippen molar-refractivity contribution < 1.29 is 8.42 Å². The van der Waals surface area contributed by atoms with Gasteiger partial charge in [-0.15, -0.1) is 11.3 Å². The molecule has 5 nitrogen and oxygen atoms in total. The van der Waals surface area contributed by atoms with Gasteiger partial charge in [-0.05, 0) is 58.2 Å². The molecule has 144 valence electrons. The van der Waals surface area contributed by atoms with Gasteiger partial charge in [0.1, 0.15) is 10.0 Å². The second-order valence-corrected chi connectivity index (χ2v) is 10.8. The molecule has 0 aliphatic carbocycles. The van der Waals surface area contributed by atoms with Crippen LogP contribution in [0.15, 0.2) is 68.7 Å². The number of benzene rings is 2. The molecule has 0 atom stereocenters. The quantitative estimate of drug-likeness (QED) is 0.427. The van der Waals surface area contributed by atoms with Crippen molar-refractivity contribution in [3.63, 3.8) is 0 Å². The van der Waals surface area contributed by atoms with Gasteiger partial charge in [-0.3, -0.25) is 4.72 Å². The molecule has 4 rings (SSSR count). The maximum atomic E-state index is 12.7. The number of fused-ring (bicyclic) bond motifs is 1. The number of halogens is 1. The summed E-state index contributed by atoms with van der Waals surface area (Å²) in [6.07, 6.45) is 1.40. The molecule has 0 bridgehead atoms. The Kier molecular flexibility index (Phi) is 5.27. The van der Waals surface area contributed by atoms with E-state index in [9.17, 15) is 8.42 Å². The summed E-state index contributed by atoms with van der Waals surface area (Å²) >= 11 is 4.50. The van der Waals surface area contributed by atoms with Crippen molar-refractivity contribution in [2.45, 2.75) is 17.1 Å². The summed E-state index contributed by atoms with van der Waals surface area (Å²) in [5.74, 6) is 0.973. The van der Waals surface area contributed by atoms with Crippen molar-refractivity contribution in [3.8, 4) is 0 Å². The maximum absolute atomic E-state index is 12.7. The van der Waals surface area contributed by atoms with Crippen molar-refractivity contribution >= 4 is 54.0 Å². The highest BCUT2D eigenvalue weighted by Gasteiger charge is 2.18. The number of sulfonamides is 1. The average molecular weight is 476 g/mol. The molecule has 0 aliphatic rings. The van der Waals surface area contributed by atoms with Gasteiger partial charge in [0, 0.05) is 13.5 Å². The lowest BCUT2D eigenvalue weighted by molar-refractivity contribution is 0.603. The van der Waals surface area contributed by atoms with E-state index in [4.69, 9.17) is 4.98 Å². The molecule has 28 heavy (non-hydrogen) atoms. The molecule has 0 amide bonds. The molecule has 2 aromatic carbocycles. The Labute approximate surface area is 176 Å². The summed E-state index contributed by atoms with van der Waals surface area (Å²) < 4.78 is 31.2. The summed E-state index contributed by atoms with van der Waals surface area (Å²) in [6, 6.07) is 18.9. The van der Waals surface area contributed by atoms with Crippen LogP contribution in [0.4, 0.5) is 5.69 Å². The van der Waals surface area contributed by atoms with Crippen LogP contribution in [0.5, 0.6) is 0 Å². The second-order valence-electron chi connectivity index (χ2n) is 6.40. The fourth-order valence-corrected chi connectivity index (χ4v) is 6.25. The van der Waals surface area contributed by atoms with Crippen LogP contribution >= 0.6 is 27.3 Å². The standard InChI is InChI=1S/C20H18BrN3O2S2/c1-24-17-9-5-4-8-16(17)22-19(24)12-10-14-6-2-3-7-15(14)23-28(25,26)20-13-11-18(21)27-20/h2-9,11,13,23H,10,12H2,1H3. The highest BCUT2D eigenvalue weighted by molar-refractivity contribution is 9.11. The molecule has 0 spiro atoms. The van der Waals surface area contributed by atoms with Crippen LogP contribution in [0, 0.1) is 0 Å². The number of aryl methyl sites for hydroxylation is 3. The van der Waals surface area contributed by atoms with E-state index in [1.54, 1.807) is 18.2 Å². The molecule has 1 N–H and O–H groups in total. The van der Waals surface area contributed by atoms with Crippen LogP contribution in [0.2, 0.25) is 0 Å². The molecule has 0 radical (unpaired) electrons. The van der Waals surface area contributed by atoms with Gasteiger partial charge in [-0.25, -0.2) is 13.4 Å². The van der Waals surface area contributed by atoms with Crippen LogP contribution < -0.4 is 4.72 Å². The first-order chi connectivity index (χ1) is 13.4. The van der Waals surface area contributed by atoms with E-state index in [0.717, 1.165) is 26.2 Å². The number of rotatable bonds is 6. The highest BCUT2D eigenvalue weighted by Crippen LogP contribution is 2.29. The molecule has 0 saturated heterocycles. The molecular weight excluding hydrogens is 458 g/mol.